The van der Waals surface area contributed by atoms with E-state index in [4.69, 9.17) is 9.47 Å². The number of anilines is 1. The molecule has 0 saturated carbocycles. The molecular weight excluding hydrogens is 513 g/mol. The summed E-state index contributed by atoms with van der Waals surface area (Å²) in [7, 11) is -6.15. The summed E-state index contributed by atoms with van der Waals surface area (Å²) < 4.78 is 78.0. The largest absolute Gasteiger partial charge is 0.495 e. The lowest BCUT2D eigenvalue weighted by Gasteiger charge is -2.30. The van der Waals surface area contributed by atoms with Crippen LogP contribution in [0.5, 0.6) is 5.75 Å². The molecule has 2 aromatic rings. The van der Waals surface area contributed by atoms with E-state index in [0.717, 1.165) is 12.1 Å². The first kappa shape index (κ1) is 26.5. The summed E-state index contributed by atoms with van der Waals surface area (Å²) >= 11 is 0. The third-order valence-corrected chi connectivity index (χ3v) is 10.1. The zero-order valence-corrected chi connectivity index (χ0v) is 21.4. The second-order valence-electron chi connectivity index (χ2n) is 8.50. The highest BCUT2D eigenvalue weighted by Crippen LogP contribution is 2.31. The van der Waals surface area contributed by atoms with Crippen molar-refractivity contribution in [2.24, 2.45) is 5.92 Å². The molecule has 0 radical (unpaired) electrons. The van der Waals surface area contributed by atoms with Gasteiger partial charge in [0.1, 0.15) is 11.6 Å². The topological polar surface area (TPSA) is 122 Å². The van der Waals surface area contributed by atoms with Crippen LogP contribution in [0.1, 0.15) is 12.8 Å². The van der Waals surface area contributed by atoms with Gasteiger partial charge >= 0.3 is 0 Å². The zero-order valence-electron chi connectivity index (χ0n) is 19.7. The number of benzene rings is 2. The Morgan fingerprint density at radius 1 is 0.917 bits per heavy atom. The molecule has 2 aromatic carbocycles. The molecule has 196 valence electrons. The van der Waals surface area contributed by atoms with Crippen molar-refractivity contribution in [1.82, 2.24) is 8.61 Å². The predicted octanol–water partition coefficient (Wildman–Crippen LogP) is 1.89. The van der Waals surface area contributed by atoms with Crippen molar-refractivity contribution in [2.75, 3.05) is 51.8 Å². The van der Waals surface area contributed by atoms with Crippen molar-refractivity contribution in [3.63, 3.8) is 0 Å². The zero-order chi connectivity index (χ0) is 25.9. The van der Waals surface area contributed by atoms with Crippen LogP contribution in [-0.2, 0) is 29.6 Å². The minimum absolute atomic E-state index is 0.00479. The third-order valence-electron chi connectivity index (χ3n) is 6.31. The molecule has 0 unspecified atom stereocenters. The van der Waals surface area contributed by atoms with Crippen molar-refractivity contribution >= 4 is 31.6 Å². The molecule has 4 rings (SSSR count). The molecule has 10 nitrogen and oxygen atoms in total. The second kappa shape index (κ2) is 10.8. The van der Waals surface area contributed by atoms with Crippen LogP contribution in [0.2, 0.25) is 0 Å². The summed E-state index contributed by atoms with van der Waals surface area (Å²) in [5.41, 5.74) is 0.221. The highest BCUT2D eigenvalue weighted by Gasteiger charge is 2.33. The molecule has 2 saturated heterocycles. The average molecular weight is 542 g/mol. The van der Waals surface area contributed by atoms with Gasteiger partial charge in [0.2, 0.25) is 26.0 Å². The van der Waals surface area contributed by atoms with E-state index in [9.17, 15) is 26.0 Å². The molecule has 2 aliphatic heterocycles. The number of morpholine rings is 1. The first-order valence-electron chi connectivity index (χ1n) is 11.5. The number of rotatable bonds is 7. The average Bonchev–Trinajstić information content (AvgIpc) is 2.89. The van der Waals surface area contributed by atoms with Crippen molar-refractivity contribution in [3.05, 3.63) is 48.3 Å². The standard InChI is InChI=1S/C23H28FN3O7S2/c1-33-22-7-6-20(36(31,32)27-12-14-34-15-13-27)16-21(22)25-23(28)17-8-10-26(11-9-17)35(29,30)19-4-2-18(24)3-5-19/h2-7,16-17H,8-15H2,1H3,(H,25,28). The minimum Gasteiger partial charge on any atom is -0.495 e. The minimum atomic E-state index is -3.80. The third kappa shape index (κ3) is 5.54. The molecule has 13 heteroatoms. The number of carbonyl (C=O) groups excluding carboxylic acids is 1. The highest BCUT2D eigenvalue weighted by atomic mass is 32.2. The molecular formula is C23H28FN3O7S2. The van der Waals surface area contributed by atoms with Gasteiger partial charge in [-0.15, -0.1) is 0 Å². The summed E-state index contributed by atoms with van der Waals surface area (Å²) in [6.07, 6.45) is 0.556. The monoisotopic (exact) mass is 541 g/mol. The van der Waals surface area contributed by atoms with Gasteiger partial charge in [-0.25, -0.2) is 21.2 Å². The van der Waals surface area contributed by atoms with Gasteiger partial charge in [-0.1, -0.05) is 0 Å². The molecule has 0 spiro atoms. The second-order valence-corrected chi connectivity index (χ2v) is 12.4. The fraction of sp³-hybridized carbons (Fsp3) is 0.435. The number of nitrogens with zero attached hydrogens (tertiary/aromatic N) is 2. The van der Waals surface area contributed by atoms with Gasteiger partial charge in [0.05, 0.1) is 35.8 Å². The number of amides is 1. The number of methoxy groups -OCH3 is 1. The Hall–Kier alpha value is -2.58. The summed E-state index contributed by atoms with van der Waals surface area (Å²) in [5, 5.41) is 2.76. The van der Waals surface area contributed by atoms with Gasteiger partial charge < -0.3 is 14.8 Å². The summed E-state index contributed by atoms with van der Waals surface area (Å²) in [4.78, 5) is 13.0. The molecule has 2 fully saturated rings. The van der Waals surface area contributed by atoms with Gasteiger partial charge in [0.15, 0.2) is 0 Å². The predicted molar refractivity (Wildman–Crippen MR) is 129 cm³/mol. The van der Waals surface area contributed by atoms with E-state index >= 15 is 0 Å². The van der Waals surface area contributed by atoms with E-state index in [1.54, 1.807) is 0 Å². The molecule has 2 aliphatic rings. The molecule has 1 amide bonds. The van der Waals surface area contributed by atoms with Gasteiger partial charge in [0, 0.05) is 32.1 Å². The first-order valence-corrected chi connectivity index (χ1v) is 14.3. The molecule has 1 N–H and O–H groups in total. The number of carbonyl (C=O) groups is 1. The Labute approximate surface area is 210 Å². The van der Waals surface area contributed by atoms with E-state index in [0.29, 0.717) is 19.0 Å². The Morgan fingerprint density at radius 3 is 2.08 bits per heavy atom. The maximum atomic E-state index is 13.2. The smallest absolute Gasteiger partial charge is 0.243 e. The number of piperidine rings is 1. The summed E-state index contributed by atoms with van der Waals surface area (Å²) in [6.45, 7) is 1.37. The van der Waals surface area contributed by atoms with Crippen LogP contribution in [0.3, 0.4) is 0 Å². The number of hydrogen-bond acceptors (Lipinski definition) is 7. The number of ether oxygens (including phenoxy) is 2. The van der Waals surface area contributed by atoms with Crippen molar-refractivity contribution in [3.8, 4) is 5.75 Å². The van der Waals surface area contributed by atoms with Crippen LogP contribution in [0, 0.1) is 11.7 Å². The van der Waals surface area contributed by atoms with Crippen molar-refractivity contribution < 1.29 is 35.5 Å². The van der Waals surface area contributed by atoms with Crippen LogP contribution >= 0.6 is 0 Å². The number of halogens is 1. The Morgan fingerprint density at radius 2 is 1.47 bits per heavy atom. The molecule has 0 aromatic heterocycles. The van der Waals surface area contributed by atoms with E-state index in [1.807, 2.05) is 0 Å². The van der Waals surface area contributed by atoms with E-state index < -0.39 is 31.8 Å². The fourth-order valence-electron chi connectivity index (χ4n) is 4.23. The van der Waals surface area contributed by atoms with Crippen molar-refractivity contribution in [1.29, 1.82) is 0 Å². The number of sulfonamides is 2. The SMILES string of the molecule is COc1ccc(S(=O)(=O)N2CCOCC2)cc1NC(=O)C1CCN(S(=O)(=O)c2ccc(F)cc2)CC1. The molecule has 0 aliphatic carbocycles. The Kier molecular flexibility index (Phi) is 7.95. The van der Waals surface area contributed by atoms with Gasteiger partial charge in [-0.05, 0) is 55.3 Å². The Bertz CT molecular complexity index is 1300. The first-order chi connectivity index (χ1) is 17.1. The summed E-state index contributed by atoms with van der Waals surface area (Å²) in [6, 6.07) is 8.90. The van der Waals surface area contributed by atoms with Crippen LogP contribution in [0.15, 0.2) is 52.3 Å². The van der Waals surface area contributed by atoms with Gasteiger partial charge in [-0.2, -0.15) is 8.61 Å². The maximum Gasteiger partial charge on any atom is 0.243 e. The quantitative estimate of drug-likeness (QED) is 0.568. The van der Waals surface area contributed by atoms with E-state index in [1.165, 1.54) is 46.1 Å². The number of hydrogen-bond donors (Lipinski definition) is 1. The Balaban J connectivity index is 1.44. The molecule has 36 heavy (non-hydrogen) atoms. The maximum absolute atomic E-state index is 13.2. The number of nitrogens with one attached hydrogen (secondary N) is 1. The van der Waals surface area contributed by atoms with E-state index in [2.05, 4.69) is 5.32 Å². The summed E-state index contributed by atoms with van der Waals surface area (Å²) in [5.74, 6) is -1.05. The van der Waals surface area contributed by atoms with Crippen molar-refractivity contribution in [2.45, 2.75) is 22.6 Å². The lowest BCUT2D eigenvalue weighted by Crippen LogP contribution is -2.41. The molecule has 2 heterocycles. The van der Waals surface area contributed by atoms with Crippen LogP contribution < -0.4 is 10.1 Å². The van der Waals surface area contributed by atoms with Crippen LogP contribution in [0.4, 0.5) is 10.1 Å². The fourth-order valence-corrected chi connectivity index (χ4v) is 7.13. The van der Waals surface area contributed by atoms with Crippen LogP contribution in [-0.4, -0.2) is 77.9 Å². The van der Waals surface area contributed by atoms with Gasteiger partial charge in [0.25, 0.3) is 0 Å². The van der Waals surface area contributed by atoms with Gasteiger partial charge in [-0.3, -0.25) is 4.79 Å². The normalized spacial score (nSPS) is 18.6. The lowest BCUT2D eigenvalue weighted by atomic mass is 9.97. The lowest BCUT2D eigenvalue weighted by molar-refractivity contribution is -0.120. The highest BCUT2D eigenvalue weighted by molar-refractivity contribution is 7.89. The molecule has 0 bridgehead atoms. The van der Waals surface area contributed by atoms with Crippen LogP contribution in [0.25, 0.3) is 0 Å². The molecule has 0 atom stereocenters. The van der Waals surface area contributed by atoms with E-state index in [-0.39, 0.29) is 60.4 Å².